The number of sulfonamides is 1. The van der Waals surface area contributed by atoms with E-state index in [1.54, 1.807) is 23.1 Å². The molecule has 0 saturated heterocycles. The second-order valence-electron chi connectivity index (χ2n) is 10.6. The van der Waals surface area contributed by atoms with Crippen molar-refractivity contribution in [1.29, 1.82) is 0 Å². The number of hydrogen-bond donors (Lipinski definition) is 1. The minimum absolute atomic E-state index is 0.0851. The fourth-order valence-electron chi connectivity index (χ4n) is 4.31. The predicted molar refractivity (Wildman–Crippen MR) is 148 cm³/mol. The number of hydrogen-bond acceptors (Lipinski definition) is 6. The fraction of sp³-hybridized carbons (Fsp3) is 0.500. The molecule has 0 fully saturated rings. The smallest absolute Gasteiger partial charge is 0.243 e. The molecule has 1 aliphatic heterocycles. The molecule has 1 aliphatic rings. The standard InChI is InChI=1S/C28H39N3O6S/c1-7-23(27(33)29-28(3,4)5)30(18-21-12-10-20(2)11-13-21)26(32)9-8-16-31(38(6,34)35)22-14-15-24-25(17-22)37-19-36-24/h10-15,17,23H,7-9,16,18-19H2,1-6H3,(H,29,33)/t23-/m0/s1. The van der Waals surface area contributed by atoms with E-state index in [1.807, 2.05) is 58.9 Å². The molecule has 1 heterocycles. The van der Waals surface area contributed by atoms with Crippen LogP contribution in [-0.2, 0) is 26.2 Å². The fourth-order valence-corrected chi connectivity index (χ4v) is 5.26. The maximum absolute atomic E-state index is 13.5. The average Bonchev–Trinajstić information content (AvgIpc) is 3.29. The van der Waals surface area contributed by atoms with Crippen LogP contribution < -0.4 is 19.1 Å². The minimum Gasteiger partial charge on any atom is -0.454 e. The summed E-state index contributed by atoms with van der Waals surface area (Å²) in [4.78, 5) is 28.3. The van der Waals surface area contributed by atoms with E-state index in [9.17, 15) is 18.0 Å². The number of carbonyl (C=O) groups is 2. The van der Waals surface area contributed by atoms with E-state index in [1.165, 1.54) is 4.31 Å². The highest BCUT2D eigenvalue weighted by Gasteiger charge is 2.31. The topological polar surface area (TPSA) is 105 Å². The highest BCUT2D eigenvalue weighted by molar-refractivity contribution is 7.92. The number of fused-ring (bicyclic) bond motifs is 1. The molecule has 0 aromatic heterocycles. The van der Waals surface area contributed by atoms with E-state index >= 15 is 0 Å². The number of ether oxygens (including phenoxy) is 2. The maximum Gasteiger partial charge on any atom is 0.243 e. The Balaban J connectivity index is 1.77. The lowest BCUT2D eigenvalue weighted by Crippen LogP contribution is -2.53. The number of nitrogens with one attached hydrogen (secondary N) is 1. The van der Waals surface area contributed by atoms with E-state index in [4.69, 9.17) is 9.47 Å². The third-order valence-electron chi connectivity index (χ3n) is 6.15. The molecule has 0 bridgehead atoms. The largest absolute Gasteiger partial charge is 0.454 e. The molecule has 0 aliphatic carbocycles. The molecule has 1 atom stereocenters. The van der Waals surface area contributed by atoms with Gasteiger partial charge in [0.1, 0.15) is 6.04 Å². The van der Waals surface area contributed by atoms with Crippen molar-refractivity contribution in [3.05, 3.63) is 53.6 Å². The van der Waals surface area contributed by atoms with Crippen LogP contribution in [0.1, 0.15) is 58.1 Å². The van der Waals surface area contributed by atoms with Gasteiger partial charge < -0.3 is 19.7 Å². The van der Waals surface area contributed by atoms with Gasteiger partial charge in [0.2, 0.25) is 28.6 Å². The van der Waals surface area contributed by atoms with Crippen LogP contribution in [0.25, 0.3) is 0 Å². The monoisotopic (exact) mass is 545 g/mol. The molecule has 208 valence electrons. The first-order chi connectivity index (χ1) is 17.8. The quantitative estimate of drug-likeness (QED) is 0.458. The van der Waals surface area contributed by atoms with Gasteiger partial charge in [0.15, 0.2) is 11.5 Å². The Morgan fingerprint density at radius 1 is 1.05 bits per heavy atom. The molecule has 10 heteroatoms. The van der Waals surface area contributed by atoms with Gasteiger partial charge in [-0.25, -0.2) is 8.42 Å². The molecule has 2 amide bonds. The van der Waals surface area contributed by atoms with Crippen molar-refractivity contribution in [1.82, 2.24) is 10.2 Å². The first-order valence-corrected chi connectivity index (χ1v) is 14.7. The van der Waals surface area contributed by atoms with Gasteiger partial charge in [-0.1, -0.05) is 36.8 Å². The zero-order valence-electron chi connectivity index (χ0n) is 23.1. The molecular formula is C28H39N3O6S. The van der Waals surface area contributed by atoms with Crippen LogP contribution >= 0.6 is 0 Å². The van der Waals surface area contributed by atoms with Crippen LogP contribution in [0.15, 0.2) is 42.5 Å². The van der Waals surface area contributed by atoms with Crippen LogP contribution in [-0.4, -0.2) is 56.3 Å². The Bertz CT molecular complexity index is 1240. The molecule has 1 N–H and O–H groups in total. The Labute approximate surface area is 226 Å². The van der Waals surface area contributed by atoms with Gasteiger partial charge in [-0.15, -0.1) is 0 Å². The third kappa shape index (κ3) is 7.86. The zero-order chi connectivity index (χ0) is 28.1. The molecule has 0 radical (unpaired) electrons. The predicted octanol–water partition coefficient (Wildman–Crippen LogP) is 3.99. The van der Waals surface area contributed by atoms with Gasteiger partial charge in [0.25, 0.3) is 0 Å². The summed E-state index contributed by atoms with van der Waals surface area (Å²) < 4.78 is 37.2. The second kappa shape index (κ2) is 12.1. The first kappa shape index (κ1) is 29.3. The van der Waals surface area contributed by atoms with E-state index in [-0.39, 0.29) is 44.5 Å². The Morgan fingerprint density at radius 3 is 2.32 bits per heavy atom. The summed E-state index contributed by atoms with van der Waals surface area (Å²) in [5.41, 5.74) is 2.03. The molecule has 9 nitrogen and oxygen atoms in total. The summed E-state index contributed by atoms with van der Waals surface area (Å²) in [6.45, 7) is 10.1. The van der Waals surface area contributed by atoms with Gasteiger partial charge >= 0.3 is 0 Å². The Kier molecular flexibility index (Phi) is 9.30. The van der Waals surface area contributed by atoms with Crippen molar-refractivity contribution >= 4 is 27.5 Å². The van der Waals surface area contributed by atoms with E-state index in [0.29, 0.717) is 23.6 Å². The molecular weight excluding hydrogens is 506 g/mol. The third-order valence-corrected chi connectivity index (χ3v) is 7.35. The van der Waals surface area contributed by atoms with Gasteiger partial charge in [-0.2, -0.15) is 0 Å². The number of anilines is 1. The molecule has 0 spiro atoms. The molecule has 2 aromatic rings. The van der Waals surface area contributed by atoms with Crippen LogP contribution in [0.3, 0.4) is 0 Å². The number of nitrogens with zero attached hydrogens (tertiary/aromatic N) is 2. The number of carbonyl (C=O) groups excluding carboxylic acids is 2. The lowest BCUT2D eigenvalue weighted by Gasteiger charge is -2.33. The summed E-state index contributed by atoms with van der Waals surface area (Å²) >= 11 is 0. The van der Waals surface area contributed by atoms with Gasteiger partial charge in [-0.05, 0) is 58.2 Å². The molecule has 0 saturated carbocycles. The molecule has 2 aromatic carbocycles. The summed E-state index contributed by atoms with van der Waals surface area (Å²) in [5.74, 6) is 0.620. The zero-order valence-corrected chi connectivity index (χ0v) is 23.9. The lowest BCUT2D eigenvalue weighted by molar-refractivity contribution is -0.142. The number of amides is 2. The summed E-state index contributed by atoms with van der Waals surface area (Å²) in [5, 5.41) is 2.99. The van der Waals surface area contributed by atoms with Crippen molar-refractivity contribution in [2.45, 2.75) is 72.0 Å². The Hall–Kier alpha value is -3.27. The average molecular weight is 546 g/mol. The SMILES string of the molecule is CC[C@@H](C(=O)NC(C)(C)C)N(Cc1ccc(C)cc1)C(=O)CCCN(c1ccc2c(c1)OCO2)S(C)(=O)=O. The second-order valence-corrected chi connectivity index (χ2v) is 12.6. The van der Waals surface area contributed by atoms with E-state index < -0.39 is 21.6 Å². The Morgan fingerprint density at radius 2 is 1.71 bits per heavy atom. The van der Waals surface area contributed by atoms with E-state index in [0.717, 1.165) is 17.4 Å². The molecule has 38 heavy (non-hydrogen) atoms. The van der Waals surface area contributed by atoms with Crippen LogP contribution in [0.4, 0.5) is 5.69 Å². The van der Waals surface area contributed by atoms with Crippen molar-refractivity contribution in [3.8, 4) is 11.5 Å². The lowest BCUT2D eigenvalue weighted by atomic mass is 10.0. The van der Waals surface area contributed by atoms with Crippen molar-refractivity contribution in [2.75, 3.05) is 23.9 Å². The highest BCUT2D eigenvalue weighted by Crippen LogP contribution is 2.36. The van der Waals surface area contributed by atoms with Crippen molar-refractivity contribution in [2.24, 2.45) is 0 Å². The maximum atomic E-state index is 13.5. The van der Waals surface area contributed by atoms with Crippen LogP contribution in [0, 0.1) is 6.92 Å². The summed E-state index contributed by atoms with van der Waals surface area (Å²) in [6, 6.07) is 12.2. The summed E-state index contributed by atoms with van der Waals surface area (Å²) in [6.07, 6.45) is 1.95. The summed E-state index contributed by atoms with van der Waals surface area (Å²) in [7, 11) is -3.61. The first-order valence-electron chi connectivity index (χ1n) is 12.8. The van der Waals surface area contributed by atoms with Crippen LogP contribution in [0.2, 0.25) is 0 Å². The van der Waals surface area contributed by atoms with Gasteiger partial charge in [0.05, 0.1) is 11.9 Å². The molecule has 0 unspecified atom stereocenters. The van der Waals surface area contributed by atoms with Crippen LogP contribution in [0.5, 0.6) is 11.5 Å². The molecule has 3 rings (SSSR count). The normalized spacial score (nSPS) is 13.6. The van der Waals surface area contributed by atoms with Gasteiger partial charge in [-0.3, -0.25) is 13.9 Å². The van der Waals surface area contributed by atoms with Crippen molar-refractivity contribution in [3.63, 3.8) is 0 Å². The van der Waals surface area contributed by atoms with Gasteiger partial charge in [0, 0.05) is 31.1 Å². The number of aryl methyl sites for hydroxylation is 1. The highest BCUT2D eigenvalue weighted by atomic mass is 32.2. The number of rotatable bonds is 11. The minimum atomic E-state index is -3.61. The number of benzene rings is 2. The van der Waals surface area contributed by atoms with Crippen molar-refractivity contribution < 1.29 is 27.5 Å². The van der Waals surface area contributed by atoms with E-state index in [2.05, 4.69) is 5.32 Å².